The molecule has 0 N–H and O–H groups in total. The van der Waals surface area contributed by atoms with Gasteiger partial charge in [-0.2, -0.15) is 0 Å². The summed E-state index contributed by atoms with van der Waals surface area (Å²) in [6.07, 6.45) is 1.79. The number of hydrogen-bond donors (Lipinski definition) is 0. The van der Waals surface area contributed by atoms with Crippen molar-refractivity contribution in [1.82, 2.24) is 4.90 Å². The fourth-order valence-corrected chi connectivity index (χ4v) is 2.86. The second-order valence-corrected chi connectivity index (χ2v) is 5.48. The topological polar surface area (TPSA) is 23.6 Å². The quantitative estimate of drug-likeness (QED) is 0.605. The van der Waals surface area contributed by atoms with Crippen LogP contribution >= 0.6 is 24.0 Å². The van der Waals surface area contributed by atoms with E-state index in [4.69, 9.17) is 12.2 Å². The second-order valence-electron chi connectivity index (χ2n) is 3.80. The molecule has 88 valence electrons. The zero-order valence-corrected chi connectivity index (χ0v) is 11.2. The molecule has 1 saturated heterocycles. The van der Waals surface area contributed by atoms with Crippen molar-refractivity contribution in [3.63, 3.8) is 0 Å². The third-order valence-corrected chi connectivity index (χ3v) is 3.47. The van der Waals surface area contributed by atoms with Crippen LogP contribution in [0.4, 0.5) is 5.69 Å². The van der Waals surface area contributed by atoms with E-state index in [0.29, 0.717) is 9.23 Å². The van der Waals surface area contributed by atoms with Crippen molar-refractivity contribution in [3.05, 3.63) is 41.4 Å². The molecule has 0 aliphatic carbocycles. The minimum absolute atomic E-state index is 0.0556. The van der Waals surface area contributed by atoms with E-state index < -0.39 is 0 Å². The first kappa shape index (κ1) is 12.1. The summed E-state index contributed by atoms with van der Waals surface area (Å²) in [6.45, 7) is 0. The fourth-order valence-electron chi connectivity index (χ4n) is 1.49. The van der Waals surface area contributed by atoms with Gasteiger partial charge in [0.1, 0.15) is 0 Å². The Kier molecular flexibility index (Phi) is 3.49. The molecule has 5 heteroatoms. The van der Waals surface area contributed by atoms with Crippen molar-refractivity contribution in [2.24, 2.45) is 0 Å². The average Bonchev–Trinajstić information content (AvgIpc) is 2.54. The number of carbonyl (C=O) groups excluding carboxylic acids is 1. The van der Waals surface area contributed by atoms with Crippen LogP contribution in [0.5, 0.6) is 0 Å². The number of para-hydroxylation sites is 1. The first-order valence-electron chi connectivity index (χ1n) is 5.09. The summed E-state index contributed by atoms with van der Waals surface area (Å²) in [7, 11) is 3.77. The number of thioether (sulfide) groups is 1. The van der Waals surface area contributed by atoms with Crippen molar-refractivity contribution in [1.29, 1.82) is 0 Å². The first-order valence-corrected chi connectivity index (χ1v) is 6.31. The molecule has 1 aromatic carbocycles. The lowest BCUT2D eigenvalue weighted by atomic mass is 10.3. The molecular weight excluding hydrogens is 252 g/mol. The van der Waals surface area contributed by atoms with Crippen LogP contribution in [-0.4, -0.2) is 29.2 Å². The maximum atomic E-state index is 12.2. The maximum absolute atomic E-state index is 12.2. The molecule has 0 bridgehead atoms. The molecule has 1 aromatic rings. The Bertz CT molecular complexity index is 483. The number of hydrogen-bond acceptors (Lipinski definition) is 4. The van der Waals surface area contributed by atoms with E-state index in [0.717, 1.165) is 5.69 Å². The lowest BCUT2D eigenvalue weighted by Crippen LogP contribution is -2.27. The molecule has 0 aromatic heterocycles. The highest BCUT2D eigenvalue weighted by Gasteiger charge is 2.33. The average molecular weight is 264 g/mol. The van der Waals surface area contributed by atoms with E-state index in [1.54, 1.807) is 11.1 Å². The zero-order valence-electron chi connectivity index (χ0n) is 9.58. The summed E-state index contributed by atoms with van der Waals surface area (Å²) in [4.78, 5) is 16.2. The van der Waals surface area contributed by atoms with Gasteiger partial charge in [0.05, 0.1) is 10.6 Å². The molecule has 3 nitrogen and oxygen atoms in total. The number of thiocarbonyl (C=S) groups is 1. The highest BCUT2D eigenvalue weighted by molar-refractivity contribution is 8.27. The second kappa shape index (κ2) is 4.89. The van der Waals surface area contributed by atoms with Crippen LogP contribution in [0.15, 0.2) is 41.4 Å². The summed E-state index contributed by atoms with van der Waals surface area (Å²) >= 11 is 6.57. The van der Waals surface area contributed by atoms with E-state index in [1.165, 1.54) is 11.8 Å². The predicted molar refractivity (Wildman–Crippen MR) is 75.9 cm³/mol. The van der Waals surface area contributed by atoms with Crippen LogP contribution in [0.3, 0.4) is 0 Å². The maximum Gasteiger partial charge on any atom is 0.272 e. The Hall–Kier alpha value is -1.33. The molecule has 1 aliphatic heterocycles. The van der Waals surface area contributed by atoms with Gasteiger partial charge in [0.25, 0.3) is 5.91 Å². The van der Waals surface area contributed by atoms with Crippen LogP contribution in [0.2, 0.25) is 0 Å². The van der Waals surface area contributed by atoms with E-state index in [1.807, 2.05) is 49.3 Å². The van der Waals surface area contributed by atoms with Crippen LogP contribution in [-0.2, 0) is 4.79 Å². The van der Waals surface area contributed by atoms with Crippen molar-refractivity contribution >= 4 is 39.9 Å². The summed E-state index contributed by atoms with van der Waals surface area (Å²) < 4.78 is 0.578. The molecular formula is C12H12N2OS2. The molecule has 1 amide bonds. The molecule has 0 unspecified atom stereocenters. The largest absolute Gasteiger partial charge is 0.382 e. The standard InChI is InChI=1S/C12H12N2OS2/c1-13(2)8-10-11(15)14(12(16)17-10)9-6-4-3-5-7-9/h3-8H,1-2H3/b10-8+. The Morgan fingerprint density at radius 2 is 1.94 bits per heavy atom. The number of amides is 1. The molecule has 0 spiro atoms. The van der Waals surface area contributed by atoms with Gasteiger partial charge < -0.3 is 4.90 Å². The van der Waals surface area contributed by atoms with Gasteiger partial charge in [-0.1, -0.05) is 42.2 Å². The van der Waals surface area contributed by atoms with Gasteiger partial charge in [-0.3, -0.25) is 9.69 Å². The summed E-state index contributed by atoms with van der Waals surface area (Å²) in [5.41, 5.74) is 0.817. The smallest absolute Gasteiger partial charge is 0.272 e. The highest BCUT2D eigenvalue weighted by Crippen LogP contribution is 2.34. The molecule has 1 heterocycles. The normalized spacial score (nSPS) is 18.0. The van der Waals surface area contributed by atoms with E-state index in [9.17, 15) is 4.79 Å². The van der Waals surface area contributed by atoms with Gasteiger partial charge in [-0.25, -0.2) is 0 Å². The molecule has 1 fully saturated rings. The highest BCUT2D eigenvalue weighted by atomic mass is 32.2. The van der Waals surface area contributed by atoms with Gasteiger partial charge in [0.2, 0.25) is 0 Å². The minimum Gasteiger partial charge on any atom is -0.382 e. The number of carbonyl (C=O) groups is 1. The number of benzene rings is 1. The van der Waals surface area contributed by atoms with E-state index in [2.05, 4.69) is 0 Å². The van der Waals surface area contributed by atoms with Crippen LogP contribution in [0.25, 0.3) is 0 Å². The zero-order chi connectivity index (χ0) is 12.4. The molecule has 2 rings (SSSR count). The van der Waals surface area contributed by atoms with Crippen molar-refractivity contribution in [2.45, 2.75) is 0 Å². The van der Waals surface area contributed by atoms with Gasteiger partial charge in [-0.05, 0) is 12.1 Å². The SMILES string of the molecule is CN(C)/C=C1/SC(=S)N(c2ccccc2)C1=O. The van der Waals surface area contributed by atoms with Crippen molar-refractivity contribution in [3.8, 4) is 0 Å². The Morgan fingerprint density at radius 1 is 1.29 bits per heavy atom. The van der Waals surface area contributed by atoms with Crippen LogP contribution in [0.1, 0.15) is 0 Å². The Balaban J connectivity index is 2.33. The third kappa shape index (κ3) is 2.50. The van der Waals surface area contributed by atoms with E-state index in [-0.39, 0.29) is 5.91 Å². The molecule has 0 atom stereocenters. The van der Waals surface area contributed by atoms with Crippen LogP contribution in [0, 0.1) is 0 Å². The monoisotopic (exact) mass is 264 g/mol. The van der Waals surface area contributed by atoms with Gasteiger partial charge in [0, 0.05) is 20.3 Å². The summed E-state index contributed by atoms with van der Waals surface area (Å²) in [5, 5.41) is 0. The van der Waals surface area contributed by atoms with Crippen molar-refractivity contribution < 1.29 is 4.79 Å². The Morgan fingerprint density at radius 3 is 2.53 bits per heavy atom. The summed E-state index contributed by atoms with van der Waals surface area (Å²) in [5.74, 6) is -0.0556. The molecule has 1 aliphatic rings. The number of rotatable bonds is 2. The first-order chi connectivity index (χ1) is 8.09. The molecule has 0 radical (unpaired) electrons. The minimum atomic E-state index is -0.0556. The lowest BCUT2D eigenvalue weighted by Gasteiger charge is -2.14. The fraction of sp³-hybridized carbons (Fsp3) is 0.167. The predicted octanol–water partition coefficient (Wildman–Crippen LogP) is 2.45. The van der Waals surface area contributed by atoms with Crippen molar-refractivity contribution in [2.75, 3.05) is 19.0 Å². The number of anilines is 1. The third-order valence-electron chi connectivity index (χ3n) is 2.18. The van der Waals surface area contributed by atoms with Gasteiger partial charge in [0.15, 0.2) is 4.32 Å². The molecule has 17 heavy (non-hydrogen) atoms. The number of nitrogens with zero attached hydrogens (tertiary/aromatic N) is 2. The van der Waals surface area contributed by atoms with Crippen LogP contribution < -0.4 is 4.90 Å². The van der Waals surface area contributed by atoms with Gasteiger partial charge in [-0.15, -0.1) is 0 Å². The van der Waals surface area contributed by atoms with Gasteiger partial charge >= 0.3 is 0 Å². The molecule has 0 saturated carbocycles. The Labute approximate surface area is 110 Å². The summed E-state index contributed by atoms with van der Waals surface area (Å²) in [6, 6.07) is 9.45. The lowest BCUT2D eigenvalue weighted by molar-refractivity contribution is -0.113. The van der Waals surface area contributed by atoms with E-state index >= 15 is 0 Å².